The topological polar surface area (TPSA) is 553 Å². The Labute approximate surface area is 399 Å². The summed E-state index contributed by atoms with van der Waals surface area (Å²) in [5, 5.41) is 43.6. The molecule has 400 valence electrons. The van der Waals surface area contributed by atoms with Gasteiger partial charge in [0.25, 0.3) is 5.56 Å². The van der Waals surface area contributed by atoms with Gasteiger partial charge in [0.1, 0.15) is 71.5 Å². The van der Waals surface area contributed by atoms with Crippen molar-refractivity contribution in [1.82, 2.24) is 24.3 Å². The molecule has 2 fully saturated rings. The molecule has 0 amide bonds. The number of nitrogens with zero attached hydrogens (tertiary/aromatic N) is 6. The quantitative estimate of drug-likeness (QED) is 0.0597. The molecule has 4 aromatic heterocycles. The summed E-state index contributed by atoms with van der Waals surface area (Å²) in [6.07, 6.45) is -6.68. The third-order valence-electron chi connectivity index (χ3n) is 10.1. The molecule has 12 atom stereocenters. The molecule has 2 saturated heterocycles. The van der Waals surface area contributed by atoms with Crippen LogP contribution in [-0.4, -0.2) is 145 Å². The Bertz CT molecular complexity index is 3260. The van der Waals surface area contributed by atoms with Gasteiger partial charge >= 0.3 is 52.6 Å². The van der Waals surface area contributed by atoms with E-state index in [-0.39, 0.29) is 36.0 Å². The fraction of sp³-hybridized carbons (Fsp3) is 0.448. The van der Waals surface area contributed by atoms with Crippen LogP contribution in [0.4, 0.5) is 11.6 Å². The summed E-state index contributed by atoms with van der Waals surface area (Å²) in [5.41, 5.74) is 1.63. The van der Waals surface area contributed by atoms with Gasteiger partial charge in [-0.25, -0.2) is 42.2 Å². The maximum atomic E-state index is 12.0. The van der Waals surface area contributed by atoms with Crippen LogP contribution in [0.15, 0.2) is 43.8 Å². The lowest BCUT2D eigenvalue weighted by Gasteiger charge is -2.27. The van der Waals surface area contributed by atoms with E-state index >= 15 is 0 Å². The van der Waals surface area contributed by atoms with E-state index in [1.807, 2.05) is 0 Å². The van der Waals surface area contributed by atoms with Crippen LogP contribution >= 0.6 is 46.9 Å². The number of aliphatic hydroxyl groups excluding tert-OH is 2. The van der Waals surface area contributed by atoms with Gasteiger partial charge in [-0.1, -0.05) is 7.43 Å². The monoisotopic (exact) mass is 1150 g/mol. The average molecular weight is 1150 g/mol. The van der Waals surface area contributed by atoms with Crippen LogP contribution in [-0.2, 0) is 63.2 Å². The van der Waals surface area contributed by atoms with E-state index in [4.69, 9.17) is 29.0 Å². The number of hydrogen-bond acceptors (Lipinski definition) is 26. The first-order valence-corrected chi connectivity index (χ1v) is 28.0. The second kappa shape index (κ2) is 20.1. The number of rotatable bonds is 16. The third-order valence-corrected chi connectivity index (χ3v) is 17.7. The number of phosphoric ester groups is 2. The molecule has 0 aliphatic carbocycles. The van der Waals surface area contributed by atoms with Crippen molar-refractivity contribution in [2.45, 2.75) is 69.1 Å². The molecule has 0 radical (unpaired) electrons. The summed E-state index contributed by atoms with van der Waals surface area (Å²) in [4.78, 5) is 114. The van der Waals surface area contributed by atoms with Crippen LogP contribution in [0.1, 0.15) is 44.9 Å². The van der Waals surface area contributed by atoms with Crippen LogP contribution in [0.25, 0.3) is 21.9 Å². The highest BCUT2D eigenvalue weighted by molar-refractivity contribution is 7.67. The maximum Gasteiger partial charge on any atom is 0.490 e. The lowest BCUT2D eigenvalue weighted by Crippen LogP contribution is -2.43. The van der Waals surface area contributed by atoms with Crippen molar-refractivity contribution in [2.75, 3.05) is 24.1 Å². The zero-order chi connectivity index (χ0) is 52.7. The van der Waals surface area contributed by atoms with Gasteiger partial charge in [-0.05, 0) is 32.0 Å². The lowest BCUT2D eigenvalue weighted by molar-refractivity contribution is -0.0665. The molecule has 0 bridgehead atoms. The van der Waals surface area contributed by atoms with Gasteiger partial charge in [-0.15, -0.1) is 0 Å². The number of nitrogens with one attached hydrogen (secondary N) is 3. The molecular weight excluding hydrogens is 1110 g/mol. The Balaban J connectivity index is 0.000000232. The Hall–Kier alpha value is -3.70. The fourth-order valence-electron chi connectivity index (χ4n) is 7.32. The number of hydrogen-bond donors (Lipinski definition) is 15. The molecule has 0 saturated carbocycles. The predicted molar refractivity (Wildman–Crippen MR) is 236 cm³/mol. The summed E-state index contributed by atoms with van der Waals surface area (Å²) in [5.74, 6) is 0.142. The summed E-state index contributed by atoms with van der Waals surface area (Å²) in [6.45, 7) is 0.436. The highest BCUT2D eigenvalue weighted by Crippen LogP contribution is 2.67. The summed E-state index contributed by atoms with van der Waals surface area (Å²) in [6, 6.07) is 5.61. The van der Waals surface area contributed by atoms with Gasteiger partial charge in [-0.2, -0.15) is 27.2 Å². The van der Waals surface area contributed by atoms with Crippen molar-refractivity contribution >= 4 is 93.2 Å². The Morgan fingerprint density at radius 2 is 1.07 bits per heavy atom. The van der Waals surface area contributed by atoms with Gasteiger partial charge < -0.3 is 74.0 Å². The SMILES string of the molecule is C.C[C@@]1(O)[C@H](O)[C@@H](COP(=O)(O)OP(=O)(O)OP(=O)(O)O)O[C@H]1c1cc2[nH]c(=O)nc3c2n1NC=N3.C[C@@]1(O)[C@H](O)[C@@H](COP(=O)(O)OP(=O)(O)OP(=O)(O)O)O[C@H]1c1cc2ccc(=O)nc3c2n1NC=N3. The molecule has 4 unspecified atom stereocenters. The smallest absolute Gasteiger partial charge is 0.387 e. The Kier molecular flexibility index (Phi) is 16.1. The van der Waals surface area contributed by atoms with Crippen LogP contribution < -0.4 is 22.1 Å². The summed E-state index contributed by atoms with van der Waals surface area (Å²) in [7, 11) is -33.6. The fourth-order valence-corrected chi connectivity index (χ4v) is 13.4. The highest BCUT2D eigenvalue weighted by atomic mass is 31.3. The van der Waals surface area contributed by atoms with Crippen LogP contribution in [0.5, 0.6) is 0 Å². The minimum Gasteiger partial charge on any atom is -0.387 e. The molecule has 0 spiro atoms. The maximum absolute atomic E-state index is 12.0. The van der Waals surface area contributed by atoms with E-state index in [9.17, 15) is 77.0 Å². The first kappa shape index (κ1) is 57.6. The van der Waals surface area contributed by atoms with E-state index < -0.39 is 119 Å². The first-order valence-electron chi connectivity index (χ1n) is 19.0. The van der Waals surface area contributed by atoms with Gasteiger partial charge in [0.15, 0.2) is 11.6 Å². The van der Waals surface area contributed by atoms with E-state index in [0.717, 1.165) is 0 Å². The molecule has 43 heteroatoms. The van der Waals surface area contributed by atoms with Crippen molar-refractivity contribution in [1.29, 1.82) is 0 Å². The van der Waals surface area contributed by atoms with Gasteiger partial charge in [0, 0.05) is 11.5 Å². The van der Waals surface area contributed by atoms with E-state index in [2.05, 4.69) is 62.1 Å². The summed E-state index contributed by atoms with van der Waals surface area (Å²) >= 11 is 0. The largest absolute Gasteiger partial charge is 0.490 e. The zero-order valence-corrected chi connectivity index (χ0v) is 40.5. The molecule has 72 heavy (non-hydrogen) atoms. The number of aliphatic hydroxyl groups is 4. The Morgan fingerprint density at radius 3 is 1.53 bits per heavy atom. The summed E-state index contributed by atoms with van der Waals surface area (Å²) < 4.78 is 106. The molecule has 4 aliphatic heterocycles. The molecule has 0 aromatic carbocycles. The van der Waals surface area contributed by atoms with Crippen LogP contribution in [0.3, 0.4) is 0 Å². The molecule has 37 nitrogen and oxygen atoms in total. The zero-order valence-electron chi connectivity index (χ0n) is 35.1. The van der Waals surface area contributed by atoms with E-state index in [0.29, 0.717) is 16.4 Å². The number of aliphatic imine (C=N–C) groups is 2. The number of ether oxygens (including phenoxy) is 2. The molecule has 15 N–H and O–H groups in total. The van der Waals surface area contributed by atoms with Crippen LogP contribution in [0.2, 0.25) is 0 Å². The Morgan fingerprint density at radius 1 is 0.639 bits per heavy atom. The van der Waals surface area contributed by atoms with Gasteiger partial charge in [0.2, 0.25) is 0 Å². The number of aromatic amines is 1. The molecular formula is C29H41N9O28P6. The average Bonchev–Trinajstić information content (AvgIpc) is 3.84. The molecule has 8 rings (SSSR count). The van der Waals surface area contributed by atoms with Gasteiger partial charge in [0.05, 0.1) is 30.1 Å². The van der Waals surface area contributed by atoms with Crippen molar-refractivity contribution in [3.05, 3.63) is 56.5 Å². The number of H-pyrrole nitrogens is 1. The standard InChI is InChI=1S/C15H19N4O14P3.C13H18N5O14P3.CH4/c1-15(22)12(21)9(5-30-35(26,27)33-36(28,29)32-34(23,24)25)31-13(15)8-4-7-2-3-10(20)18-14-11(7)19(8)17-6-16-14;1-13(21)9(19)7(3-29-34(25,26)32-35(27,28)31-33(22,23)24)30-10(13)6-2-5-8-11(17-12(20)16-5)14-4-15-18(6)8;/h2-4,6,9,12-13,21-22H,5H2,1H3,(H,26,27)(H,28,29)(H2,23,24,25)(H,16,17,18,20);2,4,7,9-10,19,21H,3H2,1H3,(H,25,26)(H,27,28)(H2,22,23,24)(H2,14,15,16,17,20);1H4/t9-,12-,13+,15-;7-,9-,10+,13-;/m11./s1. The molecule has 4 aliphatic rings. The molecule has 4 aromatic rings. The highest BCUT2D eigenvalue weighted by Gasteiger charge is 2.56. The second-order valence-electron chi connectivity index (χ2n) is 15.3. The minimum atomic E-state index is -5.74. The minimum absolute atomic E-state index is 0. The number of aromatic nitrogens is 5. The lowest BCUT2D eigenvalue weighted by atomic mass is 9.91. The predicted octanol–water partition coefficient (Wildman–Crippen LogP) is -1.02. The third kappa shape index (κ3) is 12.7. The number of phosphoric acid groups is 6. The van der Waals surface area contributed by atoms with Gasteiger partial charge in [-0.3, -0.25) is 34.0 Å². The van der Waals surface area contributed by atoms with Crippen molar-refractivity contribution in [3.8, 4) is 0 Å². The van der Waals surface area contributed by atoms with E-state index in [1.165, 1.54) is 60.1 Å². The van der Waals surface area contributed by atoms with Crippen molar-refractivity contribution in [3.63, 3.8) is 0 Å². The van der Waals surface area contributed by atoms with E-state index in [1.54, 1.807) is 0 Å². The van der Waals surface area contributed by atoms with Crippen molar-refractivity contribution in [2.24, 2.45) is 9.98 Å². The van der Waals surface area contributed by atoms with Crippen LogP contribution in [0, 0.1) is 0 Å². The second-order valence-corrected chi connectivity index (χ2v) is 24.2. The first-order chi connectivity index (χ1) is 32.5. The molecule has 8 heterocycles. The van der Waals surface area contributed by atoms with Crippen molar-refractivity contribution < 1.29 is 123 Å². The normalized spacial score (nSPS) is 28.9.